The first-order valence-corrected chi connectivity index (χ1v) is 22.5. The first-order valence-electron chi connectivity index (χ1n) is 22.5. The third-order valence-corrected chi connectivity index (χ3v) is 13.6. The Balaban J connectivity index is 1.28. The lowest BCUT2D eigenvalue weighted by Crippen LogP contribution is -2.70. The summed E-state index contributed by atoms with van der Waals surface area (Å²) in [6, 6.07) is 15.4. The summed E-state index contributed by atoms with van der Waals surface area (Å²) >= 11 is 0. The first-order chi connectivity index (χ1) is 31.2. The molecule has 15 heteroatoms. The van der Waals surface area contributed by atoms with E-state index in [0.29, 0.717) is 37.7 Å². The lowest BCUT2D eigenvalue weighted by Gasteiger charge is -2.50. The molecule has 2 fully saturated rings. The van der Waals surface area contributed by atoms with Crippen LogP contribution in [0.4, 0.5) is 0 Å². The van der Waals surface area contributed by atoms with Crippen LogP contribution in [0.15, 0.2) is 73.6 Å². The van der Waals surface area contributed by atoms with Gasteiger partial charge in [0, 0.05) is 38.4 Å². The molecule has 4 aliphatic rings. The molecular formula is C50H64N2O13. The van der Waals surface area contributed by atoms with Gasteiger partial charge in [0.15, 0.2) is 5.60 Å². The van der Waals surface area contributed by atoms with Crippen LogP contribution >= 0.6 is 0 Å². The van der Waals surface area contributed by atoms with E-state index in [4.69, 9.17) is 18.9 Å². The van der Waals surface area contributed by atoms with E-state index in [1.54, 1.807) is 72.6 Å². The van der Waals surface area contributed by atoms with E-state index in [9.17, 15) is 50.9 Å². The number of aromatic carboxylic acids is 1. The topological polar surface area (TPSA) is 245 Å². The van der Waals surface area contributed by atoms with Crippen molar-refractivity contribution in [2.75, 3.05) is 26.9 Å². The number of nitriles is 1. The van der Waals surface area contributed by atoms with E-state index >= 15 is 0 Å². The zero-order valence-corrected chi connectivity index (χ0v) is 37.0. The number of hydrogen-bond donors (Lipinski definition) is 8. The molecule has 12 atom stereocenters. The number of fused-ring (bicyclic) bond motifs is 8. The van der Waals surface area contributed by atoms with Crippen LogP contribution in [0.25, 0.3) is 0 Å². The van der Waals surface area contributed by atoms with Crippen molar-refractivity contribution in [3.8, 4) is 23.8 Å². The SMILES string of the molecule is C=CCc1ccc(O[C@H]2O[C@H]3[C@@H](O)[C@H](O)[C@]2(O)C[C@H](CC[C@]2(O)CC[C@H](Cc4ccc(C(=O)O)cc4)C2)[C@@H](O)CC#CO[C@H]3CCCO)cc1C[C@@H](COC)[C@@H](CO)n1ccc(C#N)c1. The molecule has 3 aliphatic heterocycles. The van der Waals surface area contributed by atoms with Crippen molar-refractivity contribution in [1.29, 1.82) is 5.26 Å². The van der Waals surface area contributed by atoms with Crippen molar-refractivity contribution >= 4 is 5.97 Å². The fraction of sp³-hybridized carbons (Fsp3) is 0.560. The van der Waals surface area contributed by atoms with Gasteiger partial charge in [-0.3, -0.25) is 0 Å². The van der Waals surface area contributed by atoms with Gasteiger partial charge in [0.2, 0.25) is 6.29 Å². The Morgan fingerprint density at radius 1 is 1.09 bits per heavy atom. The fourth-order valence-electron chi connectivity index (χ4n) is 9.98. The molecule has 0 spiro atoms. The Bertz CT molecular complexity index is 2140. The second-order valence-electron chi connectivity index (χ2n) is 18.1. The van der Waals surface area contributed by atoms with Crippen molar-refractivity contribution in [3.05, 3.63) is 101 Å². The van der Waals surface area contributed by atoms with Crippen LogP contribution in [0.3, 0.4) is 0 Å². The number of aliphatic hydroxyl groups excluding tert-OH is 5. The molecule has 1 saturated carbocycles. The van der Waals surface area contributed by atoms with Crippen LogP contribution in [-0.2, 0) is 33.5 Å². The number of carbonyl (C=O) groups is 1. The van der Waals surface area contributed by atoms with Gasteiger partial charge in [-0.15, -0.1) is 6.58 Å². The second-order valence-corrected chi connectivity index (χ2v) is 18.1. The summed E-state index contributed by atoms with van der Waals surface area (Å²) < 4.78 is 26.3. The maximum Gasteiger partial charge on any atom is 0.335 e. The smallest absolute Gasteiger partial charge is 0.335 e. The highest BCUT2D eigenvalue weighted by atomic mass is 16.7. The molecule has 7 rings (SSSR count). The molecule has 2 bridgehead atoms. The van der Waals surface area contributed by atoms with Crippen molar-refractivity contribution in [2.45, 2.75) is 131 Å². The highest BCUT2D eigenvalue weighted by Crippen LogP contribution is 2.44. The number of hydrogen-bond acceptors (Lipinski definition) is 13. The van der Waals surface area contributed by atoms with Gasteiger partial charge in [-0.05, 0) is 129 Å². The lowest BCUT2D eigenvalue weighted by molar-refractivity contribution is -0.333. The summed E-state index contributed by atoms with van der Waals surface area (Å²) in [5.41, 5.74) is -0.0613. The number of methoxy groups -OCH3 is 1. The maximum atomic E-state index is 12.7. The Labute approximate surface area is 380 Å². The number of benzene rings is 2. The standard InChI is InChI=1S/C50H64N2O13/c1-3-6-35-13-14-40(25-38(35)24-39(31-62-2)41(30-54)52-20-17-34(28-51)29-52)64-48-50(61)27-37(42(55)7-5-22-63-43(8-4-21-53)45(65-48)44(56)46(50)57)16-19-49(60)18-15-33(26-49)23-32-9-11-36(12-10-32)47(58)59/h3,9-14,17,20,25,29,33,37,39,41-46,48,53-57,60-61H,1,4,6-8,15-16,18-19,21,23-24,26-27,30-31H2,2H3,(H,58,59)/t33-,37+,39+,41-,42+,43+,44-,45-,46+,48+,49-,50-/m1/s1. The highest BCUT2D eigenvalue weighted by Gasteiger charge is 2.59. The summed E-state index contributed by atoms with van der Waals surface area (Å²) in [4.78, 5) is 11.3. The fourth-order valence-corrected chi connectivity index (χ4v) is 9.98. The minimum Gasteiger partial charge on any atom is -0.478 e. The molecule has 0 unspecified atom stereocenters. The number of carboxylic acid groups (broad SMARTS) is 1. The average Bonchev–Trinajstić information content (AvgIpc) is 3.92. The van der Waals surface area contributed by atoms with Gasteiger partial charge in [-0.2, -0.15) is 5.26 Å². The van der Waals surface area contributed by atoms with Gasteiger partial charge in [0.25, 0.3) is 0 Å². The van der Waals surface area contributed by atoms with Gasteiger partial charge in [-0.1, -0.05) is 30.2 Å². The van der Waals surface area contributed by atoms with Crippen molar-refractivity contribution in [2.24, 2.45) is 17.8 Å². The van der Waals surface area contributed by atoms with E-state index in [1.165, 1.54) is 0 Å². The predicted octanol–water partition coefficient (Wildman–Crippen LogP) is 3.83. The lowest BCUT2D eigenvalue weighted by atomic mass is 9.74. The van der Waals surface area contributed by atoms with E-state index in [0.717, 1.165) is 23.1 Å². The zero-order valence-electron chi connectivity index (χ0n) is 37.0. The maximum absolute atomic E-state index is 12.7. The molecule has 1 aromatic heterocycles. The molecule has 0 amide bonds. The summed E-state index contributed by atoms with van der Waals surface area (Å²) in [7, 11) is 1.57. The number of allylic oxidation sites excluding steroid dienone is 1. The summed E-state index contributed by atoms with van der Waals surface area (Å²) in [5.74, 6) is 1.19. The Kier molecular flexibility index (Phi) is 17.3. The Morgan fingerprint density at radius 3 is 2.55 bits per heavy atom. The molecule has 2 aromatic carbocycles. The highest BCUT2D eigenvalue weighted by molar-refractivity contribution is 5.87. The van der Waals surface area contributed by atoms with E-state index in [-0.39, 0.29) is 81.5 Å². The molecule has 0 radical (unpaired) electrons. The molecule has 1 saturated heterocycles. The van der Waals surface area contributed by atoms with Crippen molar-refractivity contribution in [1.82, 2.24) is 4.57 Å². The van der Waals surface area contributed by atoms with Gasteiger partial charge < -0.3 is 64.4 Å². The third-order valence-electron chi connectivity index (χ3n) is 13.6. The Hall–Kier alpha value is -4.78. The second kappa shape index (κ2) is 22.6. The minimum absolute atomic E-state index is 0.0526. The summed E-state index contributed by atoms with van der Waals surface area (Å²) in [6.45, 7) is 3.77. The van der Waals surface area contributed by atoms with Crippen molar-refractivity contribution in [3.63, 3.8) is 0 Å². The van der Waals surface area contributed by atoms with Crippen LogP contribution < -0.4 is 4.74 Å². The number of aliphatic hydroxyl groups is 7. The summed E-state index contributed by atoms with van der Waals surface area (Å²) in [5, 5.41) is 99.0. The van der Waals surface area contributed by atoms with E-state index < -0.39 is 65.9 Å². The van der Waals surface area contributed by atoms with Gasteiger partial charge >= 0.3 is 5.97 Å². The predicted molar refractivity (Wildman–Crippen MR) is 237 cm³/mol. The van der Waals surface area contributed by atoms with Crippen molar-refractivity contribution < 1.29 is 64.6 Å². The van der Waals surface area contributed by atoms with Gasteiger partial charge in [0.05, 0.1) is 42.1 Å². The third kappa shape index (κ3) is 12.2. The largest absolute Gasteiger partial charge is 0.478 e. The van der Waals surface area contributed by atoms with Gasteiger partial charge in [-0.25, -0.2) is 4.79 Å². The molecule has 15 nitrogen and oxygen atoms in total. The molecule has 65 heavy (non-hydrogen) atoms. The molecule has 8 N–H and O–H groups in total. The minimum atomic E-state index is -2.31. The average molecular weight is 901 g/mol. The van der Waals surface area contributed by atoms with Crippen LogP contribution in [0, 0.1) is 41.1 Å². The Morgan fingerprint density at radius 2 is 1.88 bits per heavy atom. The number of nitrogens with zero attached hydrogens (tertiary/aromatic N) is 2. The van der Waals surface area contributed by atoms with Crippen LogP contribution in [0.5, 0.6) is 5.75 Å². The van der Waals surface area contributed by atoms with E-state index in [2.05, 4.69) is 24.7 Å². The molecular weight excluding hydrogens is 837 g/mol. The van der Waals surface area contributed by atoms with Crippen LogP contribution in [-0.4, -0.2) is 126 Å². The summed E-state index contributed by atoms with van der Waals surface area (Å²) in [6.07, 6.45) is 3.04. The number of carboxylic acids is 1. The number of aromatic nitrogens is 1. The van der Waals surface area contributed by atoms with Gasteiger partial charge in [0.1, 0.15) is 42.3 Å². The molecule has 1 aliphatic carbocycles. The molecule has 3 aromatic rings. The van der Waals surface area contributed by atoms with E-state index in [1.807, 2.05) is 6.07 Å². The van der Waals surface area contributed by atoms with Crippen LogP contribution in [0.1, 0.15) is 96.4 Å². The molecule has 352 valence electrons. The normalized spacial score (nSPS) is 29.8. The molecule has 4 heterocycles. The number of ether oxygens (including phenoxy) is 4. The zero-order chi connectivity index (χ0) is 46.7. The quantitative estimate of drug-likeness (QED) is 0.0594. The van der Waals surface area contributed by atoms with Crippen LogP contribution in [0.2, 0.25) is 0 Å². The monoisotopic (exact) mass is 900 g/mol. The first kappa shape index (κ1) is 49.6. The number of rotatable bonds is 20.